The number of hydrogen-bond acceptors (Lipinski definition) is 6. The predicted molar refractivity (Wildman–Crippen MR) is 151 cm³/mol. The van der Waals surface area contributed by atoms with Gasteiger partial charge in [-0.25, -0.2) is 0 Å². The number of unbranched alkanes of at least 4 members (excludes halogenated alkanes) is 13. The molecule has 2 amide bonds. The van der Waals surface area contributed by atoms with Gasteiger partial charge in [0.05, 0.1) is 19.8 Å². The quantitative estimate of drug-likeness (QED) is 0.111. The molecule has 0 saturated carbocycles. The van der Waals surface area contributed by atoms with E-state index in [0.29, 0.717) is 39.4 Å². The Kier molecular flexibility index (Phi) is 25.8. The first-order valence-corrected chi connectivity index (χ1v) is 15.0. The van der Waals surface area contributed by atoms with Crippen molar-refractivity contribution in [2.45, 2.75) is 116 Å². The number of carboxylic acids is 2. The van der Waals surface area contributed by atoms with Crippen LogP contribution in [0.3, 0.4) is 0 Å². The second kappa shape index (κ2) is 27.4. The highest BCUT2D eigenvalue weighted by molar-refractivity contribution is 5.82. The molecule has 0 bridgehead atoms. The molecule has 0 aromatic heterocycles. The van der Waals surface area contributed by atoms with E-state index in [4.69, 9.17) is 19.7 Å². The van der Waals surface area contributed by atoms with Gasteiger partial charge < -0.3 is 29.9 Å². The van der Waals surface area contributed by atoms with Crippen LogP contribution in [0.4, 0.5) is 0 Å². The van der Waals surface area contributed by atoms with E-state index >= 15 is 0 Å². The number of aliphatic carboxylic acids is 2. The number of carbonyl (C=O) groups is 4. The summed E-state index contributed by atoms with van der Waals surface area (Å²) in [4.78, 5) is 47.4. The predicted octanol–water partition coefficient (Wildman–Crippen LogP) is 4.79. The van der Waals surface area contributed by atoms with Gasteiger partial charge in [0.15, 0.2) is 0 Å². The van der Waals surface area contributed by atoms with Crippen LogP contribution in [-0.2, 0) is 28.7 Å². The minimum absolute atomic E-state index is 0.0603. The maximum Gasteiger partial charge on any atom is 0.323 e. The lowest BCUT2D eigenvalue weighted by Crippen LogP contribution is -2.39. The summed E-state index contributed by atoms with van der Waals surface area (Å²) >= 11 is 0. The van der Waals surface area contributed by atoms with Gasteiger partial charge in [-0.3, -0.25) is 19.2 Å². The summed E-state index contributed by atoms with van der Waals surface area (Å²) < 4.78 is 10.5. The first-order chi connectivity index (χ1) is 18.9. The SMILES string of the molecule is CCOCCOCCNC(=O)CCN(CC(=O)O)C(=O)CCCCCCCCCCCCCCCCC(=O)O. The average Bonchev–Trinajstić information content (AvgIpc) is 2.89. The Hall–Kier alpha value is -2.20. The van der Waals surface area contributed by atoms with Crippen LogP contribution >= 0.6 is 0 Å². The number of amides is 2. The molecule has 0 unspecified atom stereocenters. The topological polar surface area (TPSA) is 142 Å². The number of carbonyl (C=O) groups excluding carboxylic acids is 2. The first kappa shape index (κ1) is 36.8. The van der Waals surface area contributed by atoms with Gasteiger partial charge in [-0.1, -0.05) is 77.0 Å². The lowest BCUT2D eigenvalue weighted by molar-refractivity contribution is -0.145. The Labute approximate surface area is 235 Å². The normalized spacial score (nSPS) is 10.9. The van der Waals surface area contributed by atoms with Gasteiger partial charge in [-0.05, 0) is 19.8 Å². The van der Waals surface area contributed by atoms with Gasteiger partial charge in [0.25, 0.3) is 0 Å². The summed E-state index contributed by atoms with van der Waals surface area (Å²) in [7, 11) is 0. The number of ether oxygens (including phenoxy) is 2. The van der Waals surface area contributed by atoms with Crippen molar-refractivity contribution in [3.63, 3.8) is 0 Å². The average molecular weight is 559 g/mol. The van der Waals surface area contributed by atoms with Crippen LogP contribution in [0.2, 0.25) is 0 Å². The van der Waals surface area contributed by atoms with Crippen molar-refractivity contribution in [3.05, 3.63) is 0 Å². The lowest BCUT2D eigenvalue weighted by atomic mass is 10.0. The Balaban J connectivity index is 3.75. The summed E-state index contributed by atoms with van der Waals surface area (Å²) in [6.07, 6.45) is 16.1. The van der Waals surface area contributed by atoms with Crippen LogP contribution in [0.1, 0.15) is 116 Å². The van der Waals surface area contributed by atoms with E-state index in [0.717, 1.165) is 44.9 Å². The summed E-state index contributed by atoms with van der Waals surface area (Å²) in [5.41, 5.74) is 0. The molecule has 10 heteroatoms. The fraction of sp³-hybridized carbons (Fsp3) is 0.862. The lowest BCUT2D eigenvalue weighted by Gasteiger charge is -2.20. The molecule has 228 valence electrons. The zero-order valence-electron chi connectivity index (χ0n) is 24.3. The largest absolute Gasteiger partial charge is 0.481 e. The van der Waals surface area contributed by atoms with E-state index in [1.165, 1.54) is 49.8 Å². The molecular weight excluding hydrogens is 504 g/mol. The third-order valence-corrected chi connectivity index (χ3v) is 6.46. The van der Waals surface area contributed by atoms with Crippen molar-refractivity contribution in [3.8, 4) is 0 Å². The fourth-order valence-corrected chi connectivity index (χ4v) is 4.24. The second-order valence-corrected chi connectivity index (χ2v) is 9.96. The van der Waals surface area contributed by atoms with E-state index in [1.807, 2.05) is 6.92 Å². The number of carboxylic acid groups (broad SMARTS) is 2. The number of nitrogens with one attached hydrogen (secondary N) is 1. The molecule has 0 fully saturated rings. The maximum absolute atomic E-state index is 12.5. The Morgan fingerprint density at radius 1 is 0.615 bits per heavy atom. The monoisotopic (exact) mass is 558 g/mol. The number of nitrogens with zero attached hydrogens (tertiary/aromatic N) is 1. The van der Waals surface area contributed by atoms with E-state index in [-0.39, 0.29) is 31.2 Å². The molecule has 3 N–H and O–H groups in total. The molecule has 0 aromatic carbocycles. The van der Waals surface area contributed by atoms with Crippen molar-refractivity contribution in [1.82, 2.24) is 10.2 Å². The highest BCUT2D eigenvalue weighted by Gasteiger charge is 2.17. The molecule has 0 spiro atoms. The van der Waals surface area contributed by atoms with Gasteiger partial charge in [-0.2, -0.15) is 0 Å². The molecular formula is C29H54N2O8. The van der Waals surface area contributed by atoms with Crippen LogP contribution in [0.25, 0.3) is 0 Å². The molecule has 0 aromatic rings. The molecule has 10 nitrogen and oxygen atoms in total. The fourth-order valence-electron chi connectivity index (χ4n) is 4.24. The van der Waals surface area contributed by atoms with Gasteiger partial charge in [0, 0.05) is 39.0 Å². The Bertz CT molecular complexity index is 645. The molecule has 0 aliphatic heterocycles. The smallest absolute Gasteiger partial charge is 0.323 e. The minimum Gasteiger partial charge on any atom is -0.481 e. The molecule has 0 saturated heterocycles. The van der Waals surface area contributed by atoms with E-state index in [2.05, 4.69) is 5.32 Å². The first-order valence-electron chi connectivity index (χ1n) is 15.0. The van der Waals surface area contributed by atoms with Crippen LogP contribution in [0.15, 0.2) is 0 Å². The standard InChI is InChI=1S/C29H54N2O8/c1-2-38-23-24-39-22-20-30-26(32)19-21-31(25-29(36)37)27(33)17-15-13-11-9-7-5-3-4-6-8-10-12-14-16-18-28(34)35/h2-25H2,1H3,(H,30,32)(H,34,35)(H,36,37). The van der Waals surface area contributed by atoms with E-state index in [1.54, 1.807) is 0 Å². The third-order valence-electron chi connectivity index (χ3n) is 6.46. The molecule has 39 heavy (non-hydrogen) atoms. The number of rotatable bonds is 29. The summed E-state index contributed by atoms with van der Waals surface area (Å²) in [6, 6.07) is 0. The van der Waals surface area contributed by atoms with Gasteiger partial charge >= 0.3 is 11.9 Å². The third kappa shape index (κ3) is 27.2. The molecule has 0 radical (unpaired) electrons. The molecule has 0 aliphatic carbocycles. The number of hydrogen-bond donors (Lipinski definition) is 3. The van der Waals surface area contributed by atoms with E-state index in [9.17, 15) is 19.2 Å². The van der Waals surface area contributed by atoms with Crippen molar-refractivity contribution in [2.24, 2.45) is 0 Å². The zero-order chi connectivity index (χ0) is 29.0. The Morgan fingerprint density at radius 3 is 1.59 bits per heavy atom. The van der Waals surface area contributed by atoms with Crippen molar-refractivity contribution >= 4 is 23.8 Å². The second-order valence-electron chi connectivity index (χ2n) is 9.96. The van der Waals surface area contributed by atoms with Gasteiger partial charge in [0.1, 0.15) is 6.54 Å². The summed E-state index contributed by atoms with van der Waals surface area (Å²) in [5, 5.41) is 20.5. The minimum atomic E-state index is -1.08. The maximum atomic E-state index is 12.5. The molecule has 0 atom stereocenters. The van der Waals surface area contributed by atoms with Crippen LogP contribution in [0.5, 0.6) is 0 Å². The summed E-state index contributed by atoms with van der Waals surface area (Å²) in [5.74, 6) is -2.24. The van der Waals surface area contributed by atoms with Crippen molar-refractivity contribution < 1.29 is 38.9 Å². The zero-order valence-corrected chi connectivity index (χ0v) is 24.3. The van der Waals surface area contributed by atoms with Crippen LogP contribution < -0.4 is 5.32 Å². The highest BCUT2D eigenvalue weighted by atomic mass is 16.5. The highest BCUT2D eigenvalue weighted by Crippen LogP contribution is 2.14. The summed E-state index contributed by atoms with van der Waals surface area (Å²) in [6.45, 7) is 3.94. The molecule has 0 rings (SSSR count). The van der Waals surface area contributed by atoms with Crippen LogP contribution in [0, 0.1) is 0 Å². The van der Waals surface area contributed by atoms with Crippen LogP contribution in [-0.4, -0.2) is 84.9 Å². The van der Waals surface area contributed by atoms with Crippen molar-refractivity contribution in [1.29, 1.82) is 0 Å². The Morgan fingerprint density at radius 2 is 1.10 bits per heavy atom. The molecule has 0 aliphatic rings. The van der Waals surface area contributed by atoms with Gasteiger partial charge in [-0.15, -0.1) is 0 Å². The van der Waals surface area contributed by atoms with E-state index < -0.39 is 18.5 Å². The van der Waals surface area contributed by atoms with Gasteiger partial charge in [0.2, 0.25) is 11.8 Å². The van der Waals surface area contributed by atoms with Crippen molar-refractivity contribution in [2.75, 3.05) is 46.1 Å². The molecule has 0 heterocycles.